The molecule has 1 saturated heterocycles. The molecule has 4 nitrogen and oxygen atoms in total. The van der Waals surface area contributed by atoms with Crippen LogP contribution in [0.1, 0.15) is 12.8 Å². The fourth-order valence-corrected chi connectivity index (χ4v) is 3.97. The largest absolute Gasteiger partial charge is 0.493 e. The lowest BCUT2D eigenvalue weighted by Crippen LogP contribution is -2.32. The predicted octanol–water partition coefficient (Wildman–Crippen LogP) is 1.50. The summed E-state index contributed by atoms with van der Waals surface area (Å²) in [5.41, 5.74) is 0. The number of hydrogen-bond acceptors (Lipinski definition) is 4. The summed E-state index contributed by atoms with van der Waals surface area (Å²) in [6, 6.07) is 9.47. The van der Waals surface area contributed by atoms with E-state index in [4.69, 9.17) is 4.74 Å². The zero-order valence-electron chi connectivity index (χ0n) is 10.9. The third-order valence-electron chi connectivity index (χ3n) is 3.71. The molecule has 0 amide bonds. The van der Waals surface area contributed by atoms with Crippen molar-refractivity contribution in [3.8, 4) is 5.75 Å². The van der Waals surface area contributed by atoms with Crippen molar-refractivity contribution in [1.29, 1.82) is 0 Å². The monoisotopic (exact) mass is 284 g/mol. The first-order valence-electron chi connectivity index (χ1n) is 6.60. The molecule has 5 heteroatoms. The highest BCUT2D eigenvalue weighted by atomic mass is 32.2. The van der Waals surface area contributed by atoms with Gasteiger partial charge >= 0.3 is 0 Å². The van der Waals surface area contributed by atoms with Gasteiger partial charge in [-0.25, -0.2) is 8.42 Å². The highest BCUT2D eigenvalue weighted by Crippen LogP contribution is 2.26. The van der Waals surface area contributed by atoms with E-state index in [0.717, 1.165) is 5.75 Å². The Balaban J connectivity index is 1.87. The number of rotatable bonds is 5. The fraction of sp³-hybridized carbons (Fsp3) is 0.571. The molecule has 1 N–H and O–H groups in total. The van der Waals surface area contributed by atoms with Crippen LogP contribution >= 0.6 is 0 Å². The highest BCUT2D eigenvalue weighted by molar-refractivity contribution is 7.91. The Hall–Kier alpha value is -1.07. The molecule has 2 rings (SSSR count). The van der Waals surface area contributed by atoms with Crippen LogP contribution in [0.15, 0.2) is 30.3 Å². The van der Waals surface area contributed by atoms with Gasteiger partial charge in [-0.2, -0.15) is 0 Å². The van der Waals surface area contributed by atoms with Crippen molar-refractivity contribution in [1.82, 2.24) is 0 Å². The average molecular weight is 284 g/mol. The maximum Gasteiger partial charge on any atom is 0.150 e. The second kappa shape index (κ2) is 6.39. The Morgan fingerprint density at radius 2 is 1.84 bits per heavy atom. The first-order chi connectivity index (χ1) is 9.11. The van der Waals surface area contributed by atoms with Crippen LogP contribution in [0.5, 0.6) is 5.75 Å². The predicted molar refractivity (Wildman–Crippen MR) is 73.9 cm³/mol. The Bertz CT molecular complexity index is 469. The smallest absolute Gasteiger partial charge is 0.150 e. The lowest BCUT2D eigenvalue weighted by molar-refractivity contribution is 0.112. The molecule has 19 heavy (non-hydrogen) atoms. The Morgan fingerprint density at radius 1 is 1.21 bits per heavy atom. The molecule has 0 aliphatic carbocycles. The molecule has 1 atom stereocenters. The van der Waals surface area contributed by atoms with E-state index in [1.54, 1.807) is 0 Å². The number of aliphatic hydroxyl groups is 1. The van der Waals surface area contributed by atoms with Crippen molar-refractivity contribution in [3.63, 3.8) is 0 Å². The van der Waals surface area contributed by atoms with Crippen molar-refractivity contribution < 1.29 is 18.3 Å². The molecule has 1 aromatic carbocycles. The summed E-state index contributed by atoms with van der Waals surface area (Å²) < 4.78 is 28.4. The van der Waals surface area contributed by atoms with Crippen LogP contribution in [0.3, 0.4) is 0 Å². The summed E-state index contributed by atoms with van der Waals surface area (Å²) in [6.07, 6.45) is 1.26. The number of para-hydroxylation sites is 1. The Morgan fingerprint density at radius 3 is 2.42 bits per heavy atom. The van der Waals surface area contributed by atoms with Gasteiger partial charge in [0.1, 0.15) is 15.6 Å². The second-order valence-electron chi connectivity index (χ2n) is 5.06. The van der Waals surface area contributed by atoms with Crippen molar-refractivity contribution >= 4 is 9.84 Å². The highest BCUT2D eigenvalue weighted by Gasteiger charge is 2.29. The maximum atomic E-state index is 11.4. The summed E-state index contributed by atoms with van der Waals surface area (Å²) in [4.78, 5) is 0. The Kier molecular flexibility index (Phi) is 4.82. The van der Waals surface area contributed by atoms with Crippen LogP contribution in [0.25, 0.3) is 0 Å². The lowest BCUT2D eigenvalue weighted by atomic mass is 9.88. The lowest BCUT2D eigenvalue weighted by Gasteiger charge is -2.28. The molecular formula is C14H20O4S. The van der Waals surface area contributed by atoms with Gasteiger partial charge in [0, 0.05) is 12.5 Å². The van der Waals surface area contributed by atoms with E-state index in [0.29, 0.717) is 19.4 Å². The molecule has 106 valence electrons. The van der Waals surface area contributed by atoms with E-state index in [9.17, 15) is 13.5 Å². The number of sulfone groups is 1. The molecule has 0 radical (unpaired) electrons. The van der Waals surface area contributed by atoms with Gasteiger partial charge < -0.3 is 9.84 Å². The van der Waals surface area contributed by atoms with Gasteiger partial charge in [0.25, 0.3) is 0 Å². The van der Waals surface area contributed by atoms with Gasteiger partial charge in [0.15, 0.2) is 0 Å². The van der Waals surface area contributed by atoms with Crippen molar-refractivity contribution in [3.05, 3.63) is 30.3 Å². The number of hydrogen-bond donors (Lipinski definition) is 1. The maximum absolute atomic E-state index is 11.4. The first-order valence-corrected chi connectivity index (χ1v) is 8.42. The zero-order valence-corrected chi connectivity index (χ0v) is 11.7. The Labute approximate surface area is 114 Å². The summed E-state index contributed by atoms with van der Waals surface area (Å²) in [5, 5.41) is 9.46. The van der Waals surface area contributed by atoms with Gasteiger partial charge in [0.05, 0.1) is 18.1 Å². The van der Waals surface area contributed by atoms with Crippen LogP contribution in [0, 0.1) is 11.8 Å². The summed E-state index contributed by atoms with van der Waals surface area (Å²) >= 11 is 0. The molecule has 1 unspecified atom stereocenters. The average Bonchev–Trinajstić information content (AvgIpc) is 2.42. The summed E-state index contributed by atoms with van der Waals surface area (Å²) in [7, 11) is -2.85. The van der Waals surface area contributed by atoms with Crippen molar-refractivity contribution in [2.45, 2.75) is 12.8 Å². The SMILES string of the molecule is O=S1(=O)CCC(C(CO)COc2ccccc2)CC1. The van der Waals surface area contributed by atoms with E-state index in [1.807, 2.05) is 30.3 Å². The molecule has 1 aliphatic heterocycles. The van der Waals surface area contributed by atoms with Gasteiger partial charge in [-0.05, 0) is 30.9 Å². The summed E-state index contributed by atoms with van der Waals surface area (Å²) in [6.45, 7) is 0.475. The van der Waals surface area contributed by atoms with E-state index in [2.05, 4.69) is 0 Å². The molecule has 1 aliphatic rings. The molecule has 0 aromatic heterocycles. The molecule has 0 spiro atoms. The quantitative estimate of drug-likeness (QED) is 0.890. The van der Waals surface area contributed by atoms with Crippen LogP contribution in [0.2, 0.25) is 0 Å². The minimum atomic E-state index is -2.85. The van der Waals surface area contributed by atoms with Gasteiger partial charge in [-0.3, -0.25) is 0 Å². The second-order valence-corrected chi connectivity index (χ2v) is 7.36. The molecular weight excluding hydrogens is 264 g/mol. The van der Waals surface area contributed by atoms with Crippen molar-refractivity contribution in [2.75, 3.05) is 24.7 Å². The van der Waals surface area contributed by atoms with Crippen LogP contribution < -0.4 is 4.74 Å². The van der Waals surface area contributed by atoms with E-state index in [1.165, 1.54) is 0 Å². The van der Waals surface area contributed by atoms with Gasteiger partial charge in [-0.15, -0.1) is 0 Å². The van der Waals surface area contributed by atoms with Gasteiger partial charge in [0.2, 0.25) is 0 Å². The number of aliphatic hydroxyl groups excluding tert-OH is 1. The fourth-order valence-electron chi connectivity index (χ4n) is 2.44. The molecule has 1 fully saturated rings. The minimum Gasteiger partial charge on any atom is -0.493 e. The van der Waals surface area contributed by atoms with Crippen LogP contribution in [-0.2, 0) is 9.84 Å². The standard InChI is InChI=1S/C14H20O4S/c15-10-13(11-18-14-4-2-1-3-5-14)12-6-8-19(16,17)9-7-12/h1-5,12-13,15H,6-11H2. The number of benzene rings is 1. The van der Waals surface area contributed by atoms with Crippen molar-refractivity contribution in [2.24, 2.45) is 11.8 Å². The first kappa shape index (κ1) is 14.3. The third kappa shape index (κ3) is 4.21. The minimum absolute atomic E-state index is 0.00991. The normalized spacial score (nSPS) is 20.9. The summed E-state index contributed by atoms with van der Waals surface area (Å²) in [5.74, 6) is 1.50. The van der Waals surface area contributed by atoms with E-state index >= 15 is 0 Å². The molecule has 0 bridgehead atoms. The molecule has 0 saturated carbocycles. The topological polar surface area (TPSA) is 63.6 Å². The van der Waals surface area contributed by atoms with E-state index < -0.39 is 9.84 Å². The van der Waals surface area contributed by atoms with Crippen LogP contribution in [0.4, 0.5) is 0 Å². The van der Waals surface area contributed by atoms with Gasteiger partial charge in [-0.1, -0.05) is 18.2 Å². The van der Waals surface area contributed by atoms with E-state index in [-0.39, 0.29) is 29.9 Å². The third-order valence-corrected chi connectivity index (χ3v) is 5.42. The zero-order chi connectivity index (χ0) is 13.7. The van der Waals surface area contributed by atoms with Crippen LogP contribution in [-0.4, -0.2) is 38.2 Å². The number of ether oxygens (including phenoxy) is 1. The molecule has 1 aromatic rings. The molecule has 1 heterocycles.